The highest BCUT2D eigenvalue weighted by Crippen LogP contribution is 2.16. The molecule has 1 aromatic rings. The first-order valence-electron chi connectivity index (χ1n) is 3.49. The number of rotatable bonds is 2. The van der Waals surface area contributed by atoms with Crippen molar-refractivity contribution in [3.63, 3.8) is 0 Å². The summed E-state index contributed by atoms with van der Waals surface area (Å²) in [5.74, 6) is -1.29. The number of hydrogen-bond donors (Lipinski definition) is 2. The van der Waals surface area contributed by atoms with Crippen LogP contribution >= 0.6 is 0 Å². The third kappa shape index (κ3) is 1.78. The fourth-order valence-electron chi connectivity index (χ4n) is 0.922. The second-order valence-corrected chi connectivity index (χ2v) is 2.52. The van der Waals surface area contributed by atoms with E-state index in [1.165, 1.54) is 6.07 Å². The van der Waals surface area contributed by atoms with Crippen LogP contribution < -0.4 is 5.48 Å². The first-order valence-corrected chi connectivity index (χ1v) is 3.49. The third-order valence-corrected chi connectivity index (χ3v) is 1.62. The number of benzene rings is 1. The van der Waals surface area contributed by atoms with Crippen molar-refractivity contribution in [3.8, 4) is 0 Å². The van der Waals surface area contributed by atoms with Gasteiger partial charge in [-0.2, -0.15) is 5.48 Å². The summed E-state index contributed by atoms with van der Waals surface area (Å²) in [5, 5.41) is 8.47. The number of hydroxylamine groups is 1. The van der Waals surface area contributed by atoms with Gasteiger partial charge in [0.25, 0.3) is 0 Å². The first kappa shape index (κ1) is 9.09. The molecule has 0 spiro atoms. The standard InChI is InChI=1S/C8H9F2NO/c1-5(11-12)7-3-2-6(9)4-8(7)10/h2-5,11-12H,1H3. The molecule has 1 unspecified atom stereocenters. The van der Waals surface area contributed by atoms with Crippen LogP contribution in [0.2, 0.25) is 0 Å². The number of nitrogens with one attached hydrogen (secondary N) is 1. The van der Waals surface area contributed by atoms with Crippen LogP contribution in [0.5, 0.6) is 0 Å². The quantitative estimate of drug-likeness (QED) is 0.670. The fourth-order valence-corrected chi connectivity index (χ4v) is 0.922. The van der Waals surface area contributed by atoms with Crippen molar-refractivity contribution in [1.29, 1.82) is 0 Å². The summed E-state index contributed by atoms with van der Waals surface area (Å²) >= 11 is 0. The van der Waals surface area contributed by atoms with Gasteiger partial charge in [-0.05, 0) is 13.0 Å². The highest BCUT2D eigenvalue weighted by Gasteiger charge is 2.09. The predicted octanol–water partition coefficient (Wildman–Crippen LogP) is 2.00. The second kappa shape index (κ2) is 3.60. The van der Waals surface area contributed by atoms with Gasteiger partial charge in [0.2, 0.25) is 0 Å². The molecule has 2 nitrogen and oxygen atoms in total. The Hall–Kier alpha value is -1.00. The lowest BCUT2D eigenvalue weighted by Crippen LogP contribution is -2.14. The normalized spacial score (nSPS) is 13.0. The lowest BCUT2D eigenvalue weighted by atomic mass is 10.1. The topological polar surface area (TPSA) is 32.3 Å². The van der Waals surface area contributed by atoms with Gasteiger partial charge in [0.1, 0.15) is 11.6 Å². The molecule has 0 aromatic heterocycles. The molecule has 66 valence electrons. The second-order valence-electron chi connectivity index (χ2n) is 2.52. The number of halogens is 2. The van der Waals surface area contributed by atoms with Crippen LogP contribution in [-0.4, -0.2) is 5.21 Å². The van der Waals surface area contributed by atoms with Gasteiger partial charge in [0.05, 0.1) is 6.04 Å². The molecule has 0 aliphatic carbocycles. The van der Waals surface area contributed by atoms with Gasteiger partial charge in [0.15, 0.2) is 0 Å². The molecule has 0 aliphatic rings. The molecule has 0 saturated carbocycles. The molecule has 0 amide bonds. The fraction of sp³-hybridized carbons (Fsp3) is 0.250. The Kier molecular flexibility index (Phi) is 2.73. The maximum atomic E-state index is 12.9. The van der Waals surface area contributed by atoms with Gasteiger partial charge in [-0.15, -0.1) is 0 Å². The van der Waals surface area contributed by atoms with Crippen LogP contribution in [0.3, 0.4) is 0 Å². The van der Waals surface area contributed by atoms with E-state index in [9.17, 15) is 8.78 Å². The monoisotopic (exact) mass is 173 g/mol. The minimum atomic E-state index is -0.663. The van der Waals surface area contributed by atoms with E-state index in [-0.39, 0.29) is 5.56 Å². The predicted molar refractivity (Wildman–Crippen MR) is 39.7 cm³/mol. The molecule has 0 heterocycles. The van der Waals surface area contributed by atoms with E-state index in [0.29, 0.717) is 0 Å². The molecule has 0 radical (unpaired) electrons. The summed E-state index contributed by atoms with van der Waals surface area (Å²) in [6, 6.07) is 2.68. The average Bonchev–Trinajstić information content (AvgIpc) is 2.03. The lowest BCUT2D eigenvalue weighted by molar-refractivity contribution is 0.131. The van der Waals surface area contributed by atoms with Crippen molar-refractivity contribution in [3.05, 3.63) is 35.4 Å². The summed E-state index contributed by atoms with van der Waals surface area (Å²) in [6.07, 6.45) is 0. The largest absolute Gasteiger partial charge is 0.316 e. The van der Waals surface area contributed by atoms with Crippen molar-refractivity contribution < 1.29 is 14.0 Å². The van der Waals surface area contributed by atoms with E-state index >= 15 is 0 Å². The molecule has 0 bridgehead atoms. The Balaban J connectivity index is 3.01. The maximum Gasteiger partial charge on any atom is 0.130 e. The van der Waals surface area contributed by atoms with Gasteiger partial charge in [0, 0.05) is 11.6 Å². The van der Waals surface area contributed by atoms with E-state index in [2.05, 4.69) is 0 Å². The molecule has 0 saturated heterocycles. The zero-order valence-electron chi connectivity index (χ0n) is 6.51. The molecule has 0 fully saturated rings. The Morgan fingerprint density at radius 2 is 2.08 bits per heavy atom. The molecule has 0 aliphatic heterocycles. The van der Waals surface area contributed by atoms with Crippen molar-refractivity contribution in [2.45, 2.75) is 13.0 Å². The van der Waals surface area contributed by atoms with E-state index in [0.717, 1.165) is 12.1 Å². The van der Waals surface area contributed by atoms with E-state index in [1.54, 1.807) is 6.92 Å². The van der Waals surface area contributed by atoms with Gasteiger partial charge in [-0.3, -0.25) is 0 Å². The van der Waals surface area contributed by atoms with E-state index in [4.69, 9.17) is 5.21 Å². The molecule has 4 heteroatoms. The van der Waals surface area contributed by atoms with E-state index < -0.39 is 17.7 Å². The van der Waals surface area contributed by atoms with Crippen molar-refractivity contribution in [2.75, 3.05) is 0 Å². The minimum Gasteiger partial charge on any atom is -0.316 e. The molecule has 1 atom stereocenters. The Labute approximate surface area is 68.8 Å². The summed E-state index contributed by atoms with van der Waals surface area (Å²) in [7, 11) is 0. The van der Waals surface area contributed by atoms with Gasteiger partial charge < -0.3 is 5.21 Å². The SMILES string of the molecule is CC(NO)c1ccc(F)cc1F. The first-order chi connectivity index (χ1) is 5.65. The summed E-state index contributed by atoms with van der Waals surface area (Å²) < 4.78 is 25.3. The van der Waals surface area contributed by atoms with Crippen LogP contribution in [-0.2, 0) is 0 Å². The van der Waals surface area contributed by atoms with Crippen molar-refractivity contribution in [1.82, 2.24) is 5.48 Å². The van der Waals surface area contributed by atoms with Gasteiger partial charge in [-0.1, -0.05) is 6.07 Å². The zero-order chi connectivity index (χ0) is 9.14. The van der Waals surface area contributed by atoms with Crippen molar-refractivity contribution >= 4 is 0 Å². The van der Waals surface area contributed by atoms with Crippen LogP contribution in [0.1, 0.15) is 18.5 Å². The average molecular weight is 173 g/mol. The summed E-state index contributed by atoms with van der Waals surface area (Å²) in [4.78, 5) is 0. The maximum absolute atomic E-state index is 12.9. The Morgan fingerprint density at radius 1 is 1.42 bits per heavy atom. The van der Waals surface area contributed by atoms with Crippen LogP contribution in [0, 0.1) is 11.6 Å². The van der Waals surface area contributed by atoms with Crippen LogP contribution in [0.15, 0.2) is 18.2 Å². The van der Waals surface area contributed by atoms with Gasteiger partial charge >= 0.3 is 0 Å². The molecular weight excluding hydrogens is 164 g/mol. The van der Waals surface area contributed by atoms with Crippen molar-refractivity contribution in [2.24, 2.45) is 0 Å². The molecule has 2 N–H and O–H groups in total. The van der Waals surface area contributed by atoms with E-state index in [1.807, 2.05) is 5.48 Å². The zero-order valence-corrected chi connectivity index (χ0v) is 6.51. The highest BCUT2D eigenvalue weighted by molar-refractivity contribution is 5.21. The smallest absolute Gasteiger partial charge is 0.130 e. The Morgan fingerprint density at radius 3 is 2.58 bits per heavy atom. The highest BCUT2D eigenvalue weighted by atomic mass is 19.1. The molecule has 12 heavy (non-hydrogen) atoms. The molecule has 1 aromatic carbocycles. The summed E-state index contributed by atoms with van der Waals surface area (Å²) in [6.45, 7) is 1.57. The minimum absolute atomic E-state index is 0.235. The Bertz CT molecular complexity index is 278. The lowest BCUT2D eigenvalue weighted by Gasteiger charge is -2.09. The van der Waals surface area contributed by atoms with Gasteiger partial charge in [-0.25, -0.2) is 8.78 Å². The molecular formula is C8H9F2NO. The third-order valence-electron chi connectivity index (χ3n) is 1.62. The van der Waals surface area contributed by atoms with Crippen LogP contribution in [0.4, 0.5) is 8.78 Å². The number of hydrogen-bond acceptors (Lipinski definition) is 2. The van der Waals surface area contributed by atoms with Crippen LogP contribution in [0.25, 0.3) is 0 Å². The summed E-state index contributed by atoms with van der Waals surface area (Å²) in [5.41, 5.74) is 2.11. The molecule has 1 rings (SSSR count).